The minimum absolute atomic E-state index is 0.210. The first-order chi connectivity index (χ1) is 9.80. The Bertz CT molecular complexity index is 781. The van der Waals surface area contributed by atoms with E-state index in [-0.39, 0.29) is 16.4 Å². The van der Waals surface area contributed by atoms with Gasteiger partial charge in [-0.25, -0.2) is 13.2 Å². The SMILES string of the molecule is CC(CO)N(C)S(=O)(=O)c1c(C(=O)O)sc2ccccc12. The second-order valence-corrected chi connectivity index (χ2v) is 7.60. The number of aliphatic hydroxyl groups excluding tert-OH is 1. The van der Waals surface area contributed by atoms with E-state index in [1.165, 1.54) is 7.05 Å². The maximum absolute atomic E-state index is 12.7. The number of carboxylic acids is 1. The molecule has 0 saturated heterocycles. The molecule has 21 heavy (non-hydrogen) atoms. The van der Waals surface area contributed by atoms with Crippen LogP contribution in [-0.4, -0.2) is 48.6 Å². The minimum atomic E-state index is -4.01. The van der Waals surface area contributed by atoms with Crippen LogP contribution in [-0.2, 0) is 10.0 Å². The fourth-order valence-electron chi connectivity index (χ4n) is 1.91. The highest BCUT2D eigenvalue weighted by Crippen LogP contribution is 2.36. The molecule has 114 valence electrons. The quantitative estimate of drug-likeness (QED) is 0.869. The van der Waals surface area contributed by atoms with Crippen LogP contribution >= 0.6 is 11.3 Å². The molecule has 1 atom stereocenters. The molecule has 2 rings (SSSR count). The van der Waals surface area contributed by atoms with Crippen molar-refractivity contribution in [3.8, 4) is 0 Å². The largest absolute Gasteiger partial charge is 0.477 e. The second kappa shape index (κ2) is 5.72. The fraction of sp³-hybridized carbons (Fsp3) is 0.308. The van der Waals surface area contributed by atoms with E-state index in [4.69, 9.17) is 5.11 Å². The average molecular weight is 329 g/mol. The molecule has 0 spiro atoms. The van der Waals surface area contributed by atoms with Crippen molar-refractivity contribution in [3.05, 3.63) is 29.1 Å². The zero-order valence-corrected chi connectivity index (χ0v) is 13.1. The van der Waals surface area contributed by atoms with Crippen molar-refractivity contribution < 1.29 is 23.4 Å². The highest BCUT2D eigenvalue weighted by molar-refractivity contribution is 7.89. The van der Waals surface area contributed by atoms with Gasteiger partial charge in [0.05, 0.1) is 6.61 Å². The van der Waals surface area contributed by atoms with Gasteiger partial charge in [-0.15, -0.1) is 11.3 Å². The molecule has 0 aliphatic heterocycles. The second-order valence-electron chi connectivity index (χ2n) is 4.61. The zero-order chi connectivity index (χ0) is 15.8. The van der Waals surface area contributed by atoms with Gasteiger partial charge in [-0.05, 0) is 13.0 Å². The molecule has 1 aromatic carbocycles. The van der Waals surface area contributed by atoms with Crippen molar-refractivity contribution in [1.29, 1.82) is 0 Å². The molecule has 8 heteroatoms. The summed E-state index contributed by atoms with van der Waals surface area (Å²) in [7, 11) is -2.68. The molecular weight excluding hydrogens is 314 g/mol. The van der Waals surface area contributed by atoms with Crippen molar-refractivity contribution in [2.75, 3.05) is 13.7 Å². The Balaban J connectivity index is 2.75. The number of fused-ring (bicyclic) bond motifs is 1. The van der Waals surface area contributed by atoms with Crippen LogP contribution in [0.2, 0.25) is 0 Å². The molecule has 0 amide bonds. The molecular formula is C13H15NO5S2. The smallest absolute Gasteiger partial charge is 0.347 e. The molecule has 1 heterocycles. The summed E-state index contributed by atoms with van der Waals surface area (Å²) < 4.78 is 27.0. The van der Waals surface area contributed by atoms with Crippen LogP contribution < -0.4 is 0 Å². The lowest BCUT2D eigenvalue weighted by atomic mass is 10.2. The minimum Gasteiger partial charge on any atom is -0.477 e. The zero-order valence-electron chi connectivity index (χ0n) is 11.5. The maximum Gasteiger partial charge on any atom is 0.347 e. The average Bonchev–Trinajstić information content (AvgIpc) is 2.85. The number of carboxylic acid groups (broad SMARTS) is 1. The lowest BCUT2D eigenvalue weighted by molar-refractivity contribution is 0.0698. The van der Waals surface area contributed by atoms with Gasteiger partial charge in [0, 0.05) is 23.2 Å². The molecule has 2 aromatic rings. The third kappa shape index (κ3) is 2.67. The summed E-state index contributed by atoms with van der Waals surface area (Å²) in [6.45, 7) is 1.20. The number of hydrogen-bond donors (Lipinski definition) is 2. The molecule has 0 aliphatic carbocycles. The van der Waals surface area contributed by atoms with Crippen LogP contribution in [0.3, 0.4) is 0 Å². The molecule has 0 aliphatic rings. The van der Waals surface area contributed by atoms with Gasteiger partial charge in [-0.1, -0.05) is 18.2 Å². The van der Waals surface area contributed by atoms with Gasteiger partial charge in [0.2, 0.25) is 10.0 Å². The number of hydrogen-bond acceptors (Lipinski definition) is 5. The third-order valence-electron chi connectivity index (χ3n) is 3.27. The van der Waals surface area contributed by atoms with Crippen LogP contribution in [0.25, 0.3) is 10.1 Å². The third-order valence-corrected chi connectivity index (χ3v) is 6.61. The van der Waals surface area contributed by atoms with E-state index in [2.05, 4.69) is 0 Å². The van der Waals surface area contributed by atoms with E-state index in [9.17, 15) is 18.3 Å². The number of benzene rings is 1. The summed E-state index contributed by atoms with van der Waals surface area (Å²) in [4.78, 5) is 11.0. The van der Waals surface area contributed by atoms with E-state index in [1.807, 2.05) is 0 Å². The lowest BCUT2D eigenvalue weighted by Crippen LogP contribution is -2.37. The van der Waals surface area contributed by atoms with Gasteiger partial charge < -0.3 is 10.2 Å². The normalized spacial score (nSPS) is 13.7. The lowest BCUT2D eigenvalue weighted by Gasteiger charge is -2.22. The number of likely N-dealkylation sites (N-methyl/N-ethyl adjacent to an activating group) is 1. The van der Waals surface area contributed by atoms with Gasteiger partial charge >= 0.3 is 5.97 Å². The predicted molar refractivity (Wildman–Crippen MR) is 80.3 cm³/mol. The maximum atomic E-state index is 12.7. The topological polar surface area (TPSA) is 94.9 Å². The summed E-state index contributed by atoms with van der Waals surface area (Å²) in [5, 5.41) is 18.8. The molecule has 0 fully saturated rings. The van der Waals surface area contributed by atoms with Gasteiger partial charge in [-0.2, -0.15) is 4.31 Å². The van der Waals surface area contributed by atoms with Crippen LogP contribution in [0.4, 0.5) is 0 Å². The van der Waals surface area contributed by atoms with Crippen LogP contribution in [0.1, 0.15) is 16.6 Å². The van der Waals surface area contributed by atoms with Crippen LogP contribution in [0.5, 0.6) is 0 Å². The van der Waals surface area contributed by atoms with Crippen molar-refractivity contribution in [1.82, 2.24) is 4.31 Å². The number of nitrogens with zero attached hydrogens (tertiary/aromatic N) is 1. The standard InChI is InChI=1S/C13H15NO5S2/c1-8(7-15)14(2)21(18,19)12-9-5-3-4-6-10(9)20-11(12)13(16)17/h3-6,8,15H,7H2,1-2H3,(H,16,17). The van der Waals surface area contributed by atoms with Gasteiger partial charge in [0.25, 0.3) is 0 Å². The molecule has 0 radical (unpaired) electrons. The summed E-state index contributed by atoms with van der Waals surface area (Å²) in [5.74, 6) is -1.28. The molecule has 0 saturated carbocycles. The molecule has 0 bridgehead atoms. The van der Waals surface area contributed by atoms with Gasteiger partial charge in [0.1, 0.15) is 9.77 Å². The van der Waals surface area contributed by atoms with Crippen molar-refractivity contribution >= 4 is 37.4 Å². The predicted octanol–water partition coefficient (Wildman–Crippen LogP) is 1.60. The Morgan fingerprint density at radius 1 is 1.38 bits per heavy atom. The first-order valence-corrected chi connectivity index (χ1v) is 8.40. The molecule has 1 unspecified atom stereocenters. The Labute approximate surface area is 126 Å². The van der Waals surface area contributed by atoms with Crippen LogP contribution in [0.15, 0.2) is 29.2 Å². The summed E-state index contributed by atoms with van der Waals surface area (Å²) in [6, 6.07) is 6.01. The first-order valence-electron chi connectivity index (χ1n) is 6.14. The molecule has 2 N–H and O–H groups in total. The van der Waals surface area contributed by atoms with Gasteiger partial charge in [0.15, 0.2) is 0 Å². The van der Waals surface area contributed by atoms with Crippen molar-refractivity contribution in [2.45, 2.75) is 17.9 Å². The van der Waals surface area contributed by atoms with E-state index >= 15 is 0 Å². The fourth-order valence-corrected chi connectivity index (χ4v) is 4.96. The Morgan fingerprint density at radius 2 is 2.00 bits per heavy atom. The monoisotopic (exact) mass is 329 g/mol. The number of carbonyl (C=O) groups is 1. The highest BCUT2D eigenvalue weighted by atomic mass is 32.2. The van der Waals surface area contributed by atoms with E-state index in [1.54, 1.807) is 31.2 Å². The highest BCUT2D eigenvalue weighted by Gasteiger charge is 2.33. The molecule has 6 nitrogen and oxygen atoms in total. The number of rotatable bonds is 5. The number of thiophene rings is 1. The summed E-state index contributed by atoms with van der Waals surface area (Å²) in [5.41, 5.74) is 0. The number of aliphatic hydroxyl groups is 1. The van der Waals surface area contributed by atoms with Crippen molar-refractivity contribution in [3.63, 3.8) is 0 Å². The van der Waals surface area contributed by atoms with E-state index in [0.717, 1.165) is 15.6 Å². The Morgan fingerprint density at radius 3 is 2.57 bits per heavy atom. The summed E-state index contributed by atoms with van der Waals surface area (Å²) >= 11 is 0.928. The van der Waals surface area contributed by atoms with E-state index in [0.29, 0.717) is 10.1 Å². The van der Waals surface area contributed by atoms with Crippen LogP contribution in [0, 0.1) is 0 Å². The van der Waals surface area contributed by atoms with Gasteiger partial charge in [-0.3, -0.25) is 0 Å². The number of sulfonamides is 1. The Hall–Kier alpha value is -1.48. The van der Waals surface area contributed by atoms with E-state index < -0.39 is 22.0 Å². The first kappa shape index (κ1) is 15.9. The molecule has 1 aromatic heterocycles. The van der Waals surface area contributed by atoms with Crippen molar-refractivity contribution in [2.24, 2.45) is 0 Å². The Kier molecular flexibility index (Phi) is 4.33. The summed E-state index contributed by atoms with van der Waals surface area (Å²) in [6.07, 6.45) is 0. The number of aromatic carboxylic acids is 1.